The molecule has 1 aromatic rings. The molecular weight excluding hydrogens is 679 g/mol. The molecule has 0 saturated heterocycles. The second kappa shape index (κ2) is 29.2. The Morgan fingerprint density at radius 2 is 1.86 bits per heavy atom. The van der Waals surface area contributed by atoms with Gasteiger partial charge in [-0.05, 0) is 93.7 Å². The Morgan fingerprint density at radius 3 is 2.43 bits per heavy atom. The Hall–Kier alpha value is -4.54. The molecule has 0 atom stereocenters. The molecule has 51 heavy (non-hydrogen) atoms. The summed E-state index contributed by atoms with van der Waals surface area (Å²) < 4.78 is 14.9. The van der Waals surface area contributed by atoms with E-state index in [9.17, 15) is 0 Å². The summed E-state index contributed by atoms with van der Waals surface area (Å²) in [6.07, 6.45) is 32.6. The molecule has 0 aliphatic heterocycles. The molecule has 8 heteroatoms. The number of rotatable bonds is 17. The third kappa shape index (κ3) is 21.3. The number of hydrogen-bond acceptors (Lipinski definition) is 6. The first-order valence-corrected chi connectivity index (χ1v) is 17.2. The van der Waals surface area contributed by atoms with Crippen LogP contribution in [-0.4, -0.2) is 58.6 Å². The molecule has 0 bridgehead atoms. The number of allylic oxidation sites excluding steroid dienone is 13. The summed E-state index contributed by atoms with van der Waals surface area (Å²) in [5.41, 5.74) is 7.31. The van der Waals surface area contributed by atoms with Gasteiger partial charge in [0.1, 0.15) is 0 Å². The van der Waals surface area contributed by atoms with E-state index in [1.165, 1.54) is 18.3 Å². The summed E-state index contributed by atoms with van der Waals surface area (Å²) in [6, 6.07) is 5.44. The number of terminal acetylenes is 1. The third-order valence-electron chi connectivity index (χ3n) is 6.65. The van der Waals surface area contributed by atoms with Gasteiger partial charge in [-0.25, -0.2) is 0 Å². The highest BCUT2D eigenvalue weighted by Crippen LogP contribution is 2.29. The number of hydrogen-bond donors (Lipinski definition) is 0. The Morgan fingerprint density at radius 1 is 1.16 bits per heavy atom. The van der Waals surface area contributed by atoms with Gasteiger partial charge in [0, 0.05) is 49.6 Å². The molecule has 0 aromatic heterocycles. The van der Waals surface area contributed by atoms with Crippen molar-refractivity contribution in [1.82, 2.24) is 4.90 Å². The van der Waals surface area contributed by atoms with Gasteiger partial charge in [0.05, 0.1) is 37.3 Å². The summed E-state index contributed by atoms with van der Waals surface area (Å²) in [5, 5.41) is 1.11. The van der Waals surface area contributed by atoms with Crippen LogP contribution >= 0.6 is 23.2 Å². The highest BCUT2D eigenvalue weighted by atomic mass is 35.5. The fraction of sp³-hybridized carbons (Fsp3) is 0.302. The van der Waals surface area contributed by atoms with E-state index in [4.69, 9.17) is 42.5 Å². The van der Waals surface area contributed by atoms with E-state index >= 15 is 0 Å². The summed E-state index contributed by atoms with van der Waals surface area (Å²) in [6.45, 7) is 16.2. The molecule has 6 nitrogen and oxygen atoms in total. The predicted molar refractivity (Wildman–Crippen MR) is 220 cm³/mol. The molecule has 1 aliphatic carbocycles. The summed E-state index contributed by atoms with van der Waals surface area (Å²) in [4.78, 5) is 15.8. The average Bonchev–Trinajstić information content (AvgIpc) is 3.32. The number of likely N-dealkylation sites (N-methyl/N-ethyl adjacent to an activating group) is 1. The molecule has 0 saturated carbocycles. The second-order valence-electron chi connectivity index (χ2n) is 11.0. The zero-order chi connectivity index (χ0) is 38.4. The monoisotopic (exact) mass is 732 g/mol. The lowest BCUT2D eigenvalue weighted by atomic mass is 9.99. The molecule has 0 spiro atoms. The minimum atomic E-state index is 0.375. The molecule has 274 valence electrons. The first-order chi connectivity index (χ1) is 24.5. The molecular formula is C43H54Cl2N2O4. The van der Waals surface area contributed by atoms with Gasteiger partial charge < -0.3 is 19.1 Å². The van der Waals surface area contributed by atoms with E-state index < -0.39 is 0 Å². The highest BCUT2D eigenvalue weighted by molar-refractivity contribution is 6.35. The lowest BCUT2D eigenvalue weighted by molar-refractivity contribution is -0.126. The van der Waals surface area contributed by atoms with E-state index in [2.05, 4.69) is 97.9 Å². The van der Waals surface area contributed by atoms with Gasteiger partial charge in [-0.3, -0.25) is 9.79 Å². The van der Waals surface area contributed by atoms with Crippen molar-refractivity contribution >= 4 is 41.6 Å². The van der Waals surface area contributed by atoms with Gasteiger partial charge in [0.15, 0.2) is 0 Å². The molecule has 0 fully saturated rings. The summed E-state index contributed by atoms with van der Waals surface area (Å²) >= 11 is 12.8. The van der Waals surface area contributed by atoms with Gasteiger partial charge in [0.25, 0.3) is 6.47 Å². The van der Waals surface area contributed by atoms with Crippen LogP contribution in [0.15, 0.2) is 136 Å². The van der Waals surface area contributed by atoms with Gasteiger partial charge >= 0.3 is 0 Å². The van der Waals surface area contributed by atoms with Crippen molar-refractivity contribution < 1.29 is 19.0 Å². The number of halogens is 2. The third-order valence-corrected chi connectivity index (χ3v) is 7.20. The Bertz CT molecular complexity index is 1590. The van der Waals surface area contributed by atoms with Gasteiger partial charge in [0.2, 0.25) is 0 Å². The Labute approximate surface area is 317 Å². The molecule has 0 radical (unpaired) electrons. The van der Waals surface area contributed by atoms with Crippen molar-refractivity contribution in [2.75, 3.05) is 41.0 Å². The second-order valence-corrected chi connectivity index (χ2v) is 11.8. The summed E-state index contributed by atoms with van der Waals surface area (Å²) in [5.74, 6) is 3.14. The van der Waals surface area contributed by atoms with Crippen molar-refractivity contribution in [1.29, 1.82) is 0 Å². The fourth-order valence-electron chi connectivity index (χ4n) is 4.22. The van der Waals surface area contributed by atoms with Crippen LogP contribution in [0.2, 0.25) is 10.0 Å². The quantitative estimate of drug-likeness (QED) is 0.0398. The highest BCUT2D eigenvalue weighted by Gasteiger charge is 2.10. The van der Waals surface area contributed by atoms with Crippen LogP contribution in [0.1, 0.15) is 53.0 Å². The number of aliphatic imine (C=N–C) groups is 1. The molecule has 0 N–H and O–H groups in total. The minimum Gasteiger partial charge on any atom is -0.501 e. The standard InChI is InChI=1S/C38H46Cl2N2O2.C3H4.C2H4O2/c1-8-30(17-16-29(4)5)27-42(6)28-38(36-21-19-34(39)26-37(36)40)41-22-13-14-31-24-33(18-20-35(25-31)43-7)32(9-2)15-11-12-23-44-10-3;1-3-2;1-4-2-3/h8-9,11-14,16-22,24,26,28H,1,10,15,23,25,27H2,2-7H3;1H,2H3;2H,1H3/b12-11-,14-13+,30-17+,32-9+,38-28-,41-22+;;. The Kier molecular flexibility index (Phi) is 26.6. The molecule has 0 heterocycles. The molecule has 0 unspecified atom stereocenters. The maximum atomic E-state index is 8.95. The van der Waals surface area contributed by atoms with Crippen LogP contribution < -0.4 is 0 Å². The van der Waals surface area contributed by atoms with Gasteiger partial charge in [-0.2, -0.15) is 0 Å². The van der Waals surface area contributed by atoms with E-state index in [1.807, 2.05) is 50.5 Å². The summed E-state index contributed by atoms with van der Waals surface area (Å²) in [7, 11) is 5.02. The molecule has 2 rings (SSSR count). The van der Waals surface area contributed by atoms with Crippen molar-refractivity contribution in [3.8, 4) is 12.3 Å². The zero-order valence-corrected chi connectivity index (χ0v) is 32.9. The number of nitrogens with zero attached hydrogens (tertiary/aromatic N) is 2. The van der Waals surface area contributed by atoms with Gasteiger partial charge in [-0.15, -0.1) is 12.3 Å². The SMILES string of the molecule is C#CC.C=C/C(=C\C=C(C)C)CN(C)\C=C(/N=C/C=C/C1=CC(/C(=C/C)C/C=C\COCC)=CC=C(OC)C1)c1ccc(Cl)cc1Cl.COC=O. The van der Waals surface area contributed by atoms with E-state index in [1.54, 1.807) is 26.3 Å². The normalized spacial score (nSPS) is 13.4. The maximum Gasteiger partial charge on any atom is 0.292 e. The smallest absolute Gasteiger partial charge is 0.292 e. The zero-order valence-electron chi connectivity index (χ0n) is 31.4. The number of carbonyl (C=O) groups is 1. The number of methoxy groups -OCH3 is 2. The van der Waals surface area contributed by atoms with Crippen LogP contribution in [0.5, 0.6) is 0 Å². The van der Waals surface area contributed by atoms with Crippen LogP contribution in [-0.2, 0) is 19.0 Å². The van der Waals surface area contributed by atoms with E-state index in [-0.39, 0.29) is 0 Å². The van der Waals surface area contributed by atoms with E-state index in [0.29, 0.717) is 48.4 Å². The number of benzene rings is 1. The Balaban J connectivity index is 0.00000327. The lowest BCUT2D eigenvalue weighted by Gasteiger charge is -2.17. The molecule has 1 aliphatic rings. The van der Waals surface area contributed by atoms with Crippen molar-refractivity contribution in [2.45, 2.75) is 47.5 Å². The molecule has 1 aromatic carbocycles. The van der Waals surface area contributed by atoms with Gasteiger partial charge in [-0.1, -0.05) is 90.0 Å². The lowest BCUT2D eigenvalue weighted by Crippen LogP contribution is -2.14. The van der Waals surface area contributed by atoms with Crippen LogP contribution in [0.25, 0.3) is 5.70 Å². The number of ether oxygens (including phenoxy) is 3. The average molecular weight is 734 g/mol. The fourth-order valence-corrected chi connectivity index (χ4v) is 4.72. The van der Waals surface area contributed by atoms with Crippen LogP contribution in [0.3, 0.4) is 0 Å². The van der Waals surface area contributed by atoms with Crippen LogP contribution in [0, 0.1) is 12.3 Å². The minimum absolute atomic E-state index is 0.375. The first-order valence-electron chi connectivity index (χ1n) is 16.5. The largest absolute Gasteiger partial charge is 0.501 e. The van der Waals surface area contributed by atoms with Crippen molar-refractivity contribution in [3.05, 3.63) is 147 Å². The maximum absolute atomic E-state index is 8.95. The molecule has 0 amide bonds. The van der Waals surface area contributed by atoms with Crippen molar-refractivity contribution in [2.24, 2.45) is 4.99 Å². The van der Waals surface area contributed by atoms with E-state index in [0.717, 1.165) is 34.5 Å². The topological polar surface area (TPSA) is 60.4 Å². The first kappa shape index (κ1) is 46.5. The predicted octanol–water partition coefficient (Wildman–Crippen LogP) is 11.1. The van der Waals surface area contributed by atoms with Crippen molar-refractivity contribution in [3.63, 3.8) is 0 Å². The van der Waals surface area contributed by atoms with Crippen LogP contribution in [0.4, 0.5) is 0 Å². The number of carbonyl (C=O) groups excluding carboxylic acids is 1.